The molecule has 4 aromatic rings. The predicted octanol–water partition coefficient (Wildman–Crippen LogP) is -4.93. The van der Waals surface area contributed by atoms with E-state index in [0.717, 1.165) is 44.5 Å². The predicted molar refractivity (Wildman–Crippen MR) is 187 cm³/mol. The van der Waals surface area contributed by atoms with Crippen LogP contribution in [0.1, 0.15) is 34.1 Å². The van der Waals surface area contributed by atoms with Crippen molar-refractivity contribution in [2.45, 2.75) is 23.9 Å². The maximum absolute atomic E-state index is 11.9. The summed E-state index contributed by atoms with van der Waals surface area (Å²) < 4.78 is 71.1. The van der Waals surface area contributed by atoms with Gasteiger partial charge in [0.25, 0.3) is 20.2 Å². The summed E-state index contributed by atoms with van der Waals surface area (Å²) in [6.45, 7) is -0.128. The van der Waals surface area contributed by atoms with E-state index in [1.165, 1.54) is 0 Å². The van der Waals surface area contributed by atoms with E-state index < -0.39 is 68.0 Å². The number of ether oxygens (including phenoxy) is 2. The van der Waals surface area contributed by atoms with Gasteiger partial charge >= 0.3 is 71.3 Å². The average molecular weight is 827 g/mol. The molecule has 2 amide bonds. The Morgan fingerprint density at radius 1 is 0.536 bits per heavy atom. The number of rotatable bonds is 12. The third-order valence-corrected chi connectivity index (χ3v) is 10.1. The molecule has 0 fully saturated rings. The Kier molecular flexibility index (Phi) is 16.7. The standard InChI is InChI=1S/2C18H17NO7S.2Na/c2*20-17(21)16(10-27(23,24)25)19-18(22)26-9-15-13-7-3-1-5-11(13)12-6-2-4-8-14(12)15;;/h2*1-8,15-16H,9-10H2,(H,19,22)(H,20,21)(H,23,24,25);;/q;;2*+1/p-2. The fraction of sp³-hybridized carbons (Fsp3) is 0.222. The molecule has 2 unspecified atom stereocenters. The van der Waals surface area contributed by atoms with E-state index in [2.05, 4.69) is 0 Å². The number of carboxylic acid groups (broad SMARTS) is 2. The molecule has 56 heavy (non-hydrogen) atoms. The van der Waals surface area contributed by atoms with Crippen LogP contribution in [-0.2, 0) is 39.3 Å². The first-order valence-corrected chi connectivity index (χ1v) is 19.3. The van der Waals surface area contributed by atoms with Crippen LogP contribution in [0.2, 0.25) is 0 Å². The first kappa shape index (κ1) is 46.6. The van der Waals surface area contributed by atoms with Crippen LogP contribution in [0.15, 0.2) is 97.1 Å². The third kappa shape index (κ3) is 12.1. The summed E-state index contributed by atoms with van der Waals surface area (Å²) in [7, 11) is -9.23. The third-order valence-electron chi connectivity index (χ3n) is 8.60. The molecule has 0 bridgehead atoms. The molecule has 0 spiro atoms. The fourth-order valence-corrected chi connectivity index (χ4v) is 7.60. The molecule has 0 saturated carbocycles. The number of hydrogen-bond donors (Lipinski definition) is 4. The van der Waals surface area contributed by atoms with Gasteiger partial charge in [-0.3, -0.25) is 9.11 Å². The van der Waals surface area contributed by atoms with Gasteiger partial charge in [0, 0.05) is 11.8 Å². The molecule has 6 rings (SSSR count). The van der Waals surface area contributed by atoms with E-state index in [9.17, 15) is 46.2 Å². The first-order chi connectivity index (χ1) is 25.5. The van der Waals surface area contributed by atoms with Gasteiger partial charge in [-0.2, -0.15) is 16.8 Å². The van der Waals surface area contributed by atoms with Gasteiger partial charge in [-0.05, 0) is 44.5 Å². The normalized spacial score (nSPS) is 13.6. The van der Waals surface area contributed by atoms with Crippen molar-refractivity contribution in [1.82, 2.24) is 10.6 Å². The molecule has 0 aliphatic heterocycles. The SMILES string of the molecule is O=C(NC(CS(=O)(=O)O)C(=O)[O-])OCC1c2ccccc2-c2ccccc21.O=C(NC(CS(=O)(=O)O)C(=O)[O-])OCC1c2ccccc2-c2ccccc21.[Na+].[Na+]. The van der Waals surface area contributed by atoms with Gasteiger partial charge in [0.2, 0.25) is 0 Å². The van der Waals surface area contributed by atoms with Crippen LogP contribution in [-0.4, -0.2) is 86.9 Å². The van der Waals surface area contributed by atoms with Crippen LogP contribution < -0.4 is 80.0 Å². The minimum atomic E-state index is -4.62. The first-order valence-electron chi connectivity index (χ1n) is 16.1. The Balaban J connectivity index is 0.000000290. The molecule has 4 aromatic carbocycles. The molecule has 2 aliphatic carbocycles. The van der Waals surface area contributed by atoms with E-state index in [4.69, 9.17) is 18.6 Å². The summed E-state index contributed by atoms with van der Waals surface area (Å²) in [5, 5.41) is 25.7. The minimum Gasteiger partial charge on any atom is -0.548 e. The van der Waals surface area contributed by atoms with E-state index >= 15 is 0 Å². The van der Waals surface area contributed by atoms with Crippen LogP contribution in [0.5, 0.6) is 0 Å². The topological polar surface area (TPSA) is 266 Å². The number of alkyl carbamates (subject to hydrolysis) is 2. The smallest absolute Gasteiger partial charge is 0.548 e. The quantitative estimate of drug-likeness (QED) is 0.0771. The Morgan fingerprint density at radius 3 is 1.02 bits per heavy atom. The van der Waals surface area contributed by atoms with Crippen LogP contribution >= 0.6 is 0 Å². The minimum absolute atomic E-state index is 0. The number of nitrogens with one attached hydrogen (secondary N) is 2. The molecule has 16 nitrogen and oxygen atoms in total. The number of aliphatic carboxylic acids is 2. The van der Waals surface area contributed by atoms with E-state index in [1.807, 2.05) is 108 Å². The monoisotopic (exact) mass is 826 g/mol. The molecular weight excluding hydrogens is 795 g/mol. The molecule has 284 valence electrons. The number of carbonyl (C=O) groups excluding carboxylic acids is 4. The zero-order valence-electron chi connectivity index (χ0n) is 30.0. The fourth-order valence-electron chi connectivity index (χ4n) is 6.32. The molecule has 0 heterocycles. The van der Waals surface area contributed by atoms with Crippen molar-refractivity contribution < 1.29 is 124 Å². The maximum Gasteiger partial charge on any atom is 1.00 e. The van der Waals surface area contributed by atoms with Crippen molar-refractivity contribution >= 4 is 44.4 Å². The molecule has 2 aliphatic rings. The van der Waals surface area contributed by atoms with Crippen LogP contribution in [0.25, 0.3) is 22.3 Å². The second-order valence-electron chi connectivity index (χ2n) is 12.2. The Labute approximate surface area is 366 Å². The Morgan fingerprint density at radius 2 is 0.786 bits per heavy atom. The molecular formula is C36H32N2Na2O14S2. The van der Waals surface area contributed by atoms with Gasteiger partial charge in [-0.1, -0.05) is 97.1 Å². The van der Waals surface area contributed by atoms with Gasteiger partial charge in [-0.25, -0.2) is 9.59 Å². The summed E-state index contributed by atoms with van der Waals surface area (Å²) in [6, 6.07) is 26.8. The number of hydrogen-bond acceptors (Lipinski definition) is 12. The maximum atomic E-state index is 11.9. The van der Waals surface area contributed by atoms with E-state index in [-0.39, 0.29) is 84.2 Å². The molecule has 2 atom stereocenters. The van der Waals surface area contributed by atoms with Crippen LogP contribution in [0.4, 0.5) is 9.59 Å². The van der Waals surface area contributed by atoms with Gasteiger partial charge in [0.15, 0.2) is 0 Å². The van der Waals surface area contributed by atoms with Gasteiger partial charge in [-0.15, -0.1) is 0 Å². The van der Waals surface area contributed by atoms with Crippen molar-refractivity contribution in [2.75, 3.05) is 24.7 Å². The van der Waals surface area contributed by atoms with Gasteiger partial charge in [0.1, 0.15) is 24.7 Å². The largest absolute Gasteiger partial charge is 1.00 e. The Hall–Kier alpha value is -3.82. The van der Waals surface area contributed by atoms with Crippen molar-refractivity contribution in [3.63, 3.8) is 0 Å². The van der Waals surface area contributed by atoms with Crippen LogP contribution in [0, 0.1) is 0 Å². The second-order valence-corrected chi connectivity index (χ2v) is 15.2. The van der Waals surface area contributed by atoms with Gasteiger partial charge in [0.05, 0.1) is 24.0 Å². The average Bonchev–Trinajstić information content (AvgIpc) is 3.61. The van der Waals surface area contributed by atoms with E-state index in [1.54, 1.807) is 0 Å². The second kappa shape index (κ2) is 20.0. The molecule has 0 radical (unpaired) electrons. The van der Waals surface area contributed by atoms with Crippen molar-refractivity contribution in [1.29, 1.82) is 0 Å². The summed E-state index contributed by atoms with van der Waals surface area (Å²) in [4.78, 5) is 45.7. The molecule has 0 aromatic heterocycles. The van der Waals surface area contributed by atoms with Gasteiger partial charge < -0.3 is 39.9 Å². The molecule has 20 heteroatoms. The number of carbonyl (C=O) groups is 4. The van der Waals surface area contributed by atoms with Crippen LogP contribution in [0.3, 0.4) is 0 Å². The number of amides is 2. The number of carboxylic acids is 2. The molecule has 4 N–H and O–H groups in total. The van der Waals surface area contributed by atoms with Crippen molar-refractivity contribution in [3.05, 3.63) is 119 Å². The molecule has 0 saturated heterocycles. The summed E-state index contributed by atoms with van der Waals surface area (Å²) in [6.07, 6.45) is -2.23. The summed E-state index contributed by atoms with van der Waals surface area (Å²) in [5.41, 5.74) is 8.01. The summed E-state index contributed by atoms with van der Waals surface area (Å²) in [5.74, 6) is -6.57. The number of benzene rings is 4. The zero-order chi connectivity index (χ0) is 39.2. The Bertz CT molecular complexity index is 2060. The van der Waals surface area contributed by atoms with E-state index in [0.29, 0.717) is 0 Å². The number of fused-ring (bicyclic) bond motifs is 6. The summed E-state index contributed by atoms with van der Waals surface area (Å²) >= 11 is 0. The van der Waals surface area contributed by atoms with Crippen molar-refractivity contribution in [3.8, 4) is 22.3 Å². The zero-order valence-corrected chi connectivity index (χ0v) is 35.6. The van der Waals surface area contributed by atoms with Crippen molar-refractivity contribution in [2.24, 2.45) is 0 Å².